The molecule has 0 bridgehead atoms. The summed E-state index contributed by atoms with van der Waals surface area (Å²) in [6.45, 7) is 2.15. The van der Waals surface area contributed by atoms with E-state index in [9.17, 15) is 29.7 Å². The number of carbonyl (C=O) groups excluding carboxylic acids is 1. The molecule has 1 saturated heterocycles. The first-order valence-corrected chi connectivity index (χ1v) is 7.11. The molecule has 22 heavy (non-hydrogen) atoms. The van der Waals surface area contributed by atoms with Crippen LogP contribution in [-0.2, 0) is 14.4 Å². The molecular formula is C15H19NO6. The Morgan fingerprint density at radius 1 is 1.23 bits per heavy atom. The molecule has 2 rings (SSSR count). The summed E-state index contributed by atoms with van der Waals surface area (Å²) in [5.41, 5.74) is -1.47. The van der Waals surface area contributed by atoms with Crippen molar-refractivity contribution in [2.75, 3.05) is 13.1 Å². The van der Waals surface area contributed by atoms with Crippen LogP contribution in [0.4, 0.5) is 0 Å². The van der Waals surface area contributed by atoms with Crippen molar-refractivity contribution in [3.05, 3.63) is 23.3 Å². The number of carboxylic acid groups (broad SMARTS) is 2. The molecular weight excluding hydrogens is 290 g/mol. The summed E-state index contributed by atoms with van der Waals surface area (Å²) in [5, 5.41) is 28.0. The average molecular weight is 309 g/mol. The Balaban J connectivity index is 2.28. The summed E-state index contributed by atoms with van der Waals surface area (Å²) in [6.07, 6.45) is 2.92. The zero-order valence-electron chi connectivity index (χ0n) is 12.3. The second-order valence-corrected chi connectivity index (χ2v) is 5.95. The van der Waals surface area contributed by atoms with Gasteiger partial charge in [0.2, 0.25) is 0 Å². The molecule has 0 aromatic heterocycles. The molecule has 0 saturated carbocycles. The maximum absolute atomic E-state index is 12.5. The molecule has 120 valence electrons. The number of nitrogens with zero attached hydrogens (tertiary/aromatic N) is 1. The van der Waals surface area contributed by atoms with Gasteiger partial charge in [-0.2, -0.15) is 0 Å². The number of amides is 1. The summed E-state index contributed by atoms with van der Waals surface area (Å²) < 4.78 is 0. The van der Waals surface area contributed by atoms with E-state index in [1.807, 2.05) is 0 Å². The van der Waals surface area contributed by atoms with E-state index in [2.05, 4.69) is 0 Å². The highest BCUT2D eigenvalue weighted by atomic mass is 16.4. The number of carboxylic acids is 2. The summed E-state index contributed by atoms with van der Waals surface area (Å²) in [5.74, 6) is -2.83. The monoisotopic (exact) mass is 309 g/mol. The van der Waals surface area contributed by atoms with Crippen LogP contribution in [0.2, 0.25) is 0 Å². The first kappa shape index (κ1) is 16.2. The summed E-state index contributed by atoms with van der Waals surface area (Å²) in [7, 11) is 0. The van der Waals surface area contributed by atoms with Crippen molar-refractivity contribution in [3.63, 3.8) is 0 Å². The lowest BCUT2D eigenvalue weighted by Gasteiger charge is -2.32. The van der Waals surface area contributed by atoms with Crippen LogP contribution in [0.5, 0.6) is 0 Å². The second-order valence-electron chi connectivity index (χ2n) is 5.95. The quantitative estimate of drug-likeness (QED) is 0.695. The maximum atomic E-state index is 12.5. The van der Waals surface area contributed by atoms with E-state index in [0.29, 0.717) is 25.9 Å². The molecule has 1 aliphatic heterocycles. The number of piperidine rings is 1. The number of likely N-dealkylation sites (tertiary alicyclic amines) is 1. The van der Waals surface area contributed by atoms with Gasteiger partial charge in [-0.05, 0) is 26.2 Å². The van der Waals surface area contributed by atoms with Gasteiger partial charge in [-0.25, -0.2) is 4.79 Å². The van der Waals surface area contributed by atoms with Gasteiger partial charge in [-0.1, -0.05) is 12.2 Å². The van der Waals surface area contributed by atoms with Gasteiger partial charge in [0.1, 0.15) is 0 Å². The minimum absolute atomic E-state index is 0.0302. The van der Waals surface area contributed by atoms with E-state index < -0.39 is 29.4 Å². The van der Waals surface area contributed by atoms with Crippen LogP contribution in [-0.4, -0.2) is 57.3 Å². The fourth-order valence-electron chi connectivity index (χ4n) is 2.67. The molecule has 7 heteroatoms. The molecule has 1 atom stereocenters. The number of carbonyl (C=O) groups is 3. The predicted octanol–water partition coefficient (Wildman–Crippen LogP) is 0.402. The van der Waals surface area contributed by atoms with E-state index in [1.165, 1.54) is 24.0 Å². The summed E-state index contributed by atoms with van der Waals surface area (Å²) >= 11 is 0. The zero-order chi connectivity index (χ0) is 16.5. The molecule has 1 unspecified atom stereocenters. The molecule has 3 N–H and O–H groups in total. The molecule has 7 nitrogen and oxygen atoms in total. The van der Waals surface area contributed by atoms with Crippen LogP contribution in [0.1, 0.15) is 26.2 Å². The van der Waals surface area contributed by atoms with E-state index in [4.69, 9.17) is 0 Å². The van der Waals surface area contributed by atoms with Gasteiger partial charge in [-0.15, -0.1) is 0 Å². The average Bonchev–Trinajstić information content (AvgIpc) is 2.47. The number of hydrogen-bond donors (Lipinski definition) is 3. The first-order valence-electron chi connectivity index (χ1n) is 7.11. The first-order chi connectivity index (χ1) is 10.2. The third-order valence-electron chi connectivity index (χ3n) is 4.22. The fourth-order valence-corrected chi connectivity index (χ4v) is 2.67. The lowest BCUT2D eigenvalue weighted by Crippen LogP contribution is -2.42. The van der Waals surface area contributed by atoms with E-state index >= 15 is 0 Å². The normalized spacial score (nSPS) is 26.2. The van der Waals surface area contributed by atoms with Crippen LogP contribution in [0.3, 0.4) is 0 Å². The van der Waals surface area contributed by atoms with Gasteiger partial charge >= 0.3 is 11.9 Å². The molecule has 1 heterocycles. The standard InChI is InChI=1S/C15H19NO6/c1-15(14(21)22)5-2-10(11(8-15)13(19)20)12(18)16-6-3-9(17)4-7-16/h2,5,9,17H,3-4,6-8H2,1H3,(H,19,20)(H,21,22). The topological polar surface area (TPSA) is 115 Å². The largest absolute Gasteiger partial charge is 0.481 e. The van der Waals surface area contributed by atoms with Crippen molar-refractivity contribution in [1.29, 1.82) is 0 Å². The Hall–Kier alpha value is -2.15. The Morgan fingerprint density at radius 3 is 2.32 bits per heavy atom. The van der Waals surface area contributed by atoms with Gasteiger partial charge in [0.05, 0.1) is 17.1 Å². The van der Waals surface area contributed by atoms with Gasteiger partial charge < -0.3 is 20.2 Å². The summed E-state index contributed by atoms with van der Waals surface area (Å²) in [6, 6.07) is 0. The summed E-state index contributed by atoms with van der Waals surface area (Å²) in [4.78, 5) is 36.7. The SMILES string of the molecule is CC1(C(=O)O)C=CC(C(=O)N2CCC(O)CC2)=C(C(=O)O)C1. The number of aliphatic hydroxyl groups is 1. The predicted molar refractivity (Wildman–Crippen MR) is 76.0 cm³/mol. The number of aliphatic hydroxyl groups excluding tert-OH is 1. The Labute approximate surface area is 127 Å². The highest BCUT2D eigenvalue weighted by molar-refractivity contribution is 6.05. The second kappa shape index (κ2) is 5.92. The van der Waals surface area contributed by atoms with Crippen LogP contribution < -0.4 is 0 Å². The lowest BCUT2D eigenvalue weighted by molar-refractivity contribution is -0.145. The molecule has 1 aliphatic carbocycles. The highest BCUT2D eigenvalue weighted by Gasteiger charge is 2.39. The van der Waals surface area contributed by atoms with Crippen LogP contribution in [0.25, 0.3) is 0 Å². The van der Waals surface area contributed by atoms with E-state index in [1.54, 1.807) is 0 Å². The highest BCUT2D eigenvalue weighted by Crippen LogP contribution is 2.35. The smallest absolute Gasteiger partial charge is 0.332 e. The van der Waals surface area contributed by atoms with Crippen molar-refractivity contribution in [1.82, 2.24) is 4.90 Å². The molecule has 2 aliphatic rings. The van der Waals surface area contributed by atoms with Crippen molar-refractivity contribution >= 4 is 17.8 Å². The van der Waals surface area contributed by atoms with Gasteiger partial charge in [0.25, 0.3) is 5.91 Å². The molecule has 1 fully saturated rings. The van der Waals surface area contributed by atoms with Crippen molar-refractivity contribution in [3.8, 4) is 0 Å². The minimum atomic E-state index is -1.32. The number of rotatable bonds is 3. The van der Waals surface area contributed by atoms with Gasteiger partial charge in [0, 0.05) is 18.7 Å². The third kappa shape index (κ3) is 3.04. The van der Waals surface area contributed by atoms with Crippen molar-refractivity contribution < 1.29 is 29.7 Å². The minimum Gasteiger partial charge on any atom is -0.481 e. The van der Waals surface area contributed by atoms with Gasteiger partial charge in [0.15, 0.2) is 0 Å². The van der Waals surface area contributed by atoms with Crippen molar-refractivity contribution in [2.45, 2.75) is 32.3 Å². The fraction of sp³-hybridized carbons (Fsp3) is 0.533. The Kier molecular flexibility index (Phi) is 4.37. The Morgan fingerprint density at radius 2 is 1.82 bits per heavy atom. The lowest BCUT2D eigenvalue weighted by atomic mass is 9.77. The van der Waals surface area contributed by atoms with Gasteiger partial charge in [-0.3, -0.25) is 9.59 Å². The molecule has 0 spiro atoms. The molecule has 0 radical (unpaired) electrons. The third-order valence-corrected chi connectivity index (χ3v) is 4.22. The maximum Gasteiger partial charge on any atom is 0.332 e. The van der Waals surface area contributed by atoms with E-state index in [-0.39, 0.29) is 17.6 Å². The zero-order valence-corrected chi connectivity index (χ0v) is 12.3. The Bertz CT molecular complexity index is 571. The molecule has 0 aromatic rings. The molecule has 1 amide bonds. The van der Waals surface area contributed by atoms with Crippen LogP contribution in [0, 0.1) is 5.41 Å². The molecule has 0 aromatic carbocycles. The van der Waals surface area contributed by atoms with Crippen molar-refractivity contribution in [2.24, 2.45) is 5.41 Å². The number of aliphatic carboxylic acids is 2. The van der Waals surface area contributed by atoms with Crippen LogP contribution in [0.15, 0.2) is 23.3 Å². The van der Waals surface area contributed by atoms with E-state index in [0.717, 1.165) is 0 Å². The van der Waals surface area contributed by atoms with Crippen LogP contribution >= 0.6 is 0 Å². The number of hydrogen-bond acceptors (Lipinski definition) is 4.